The topological polar surface area (TPSA) is 93.6 Å². The summed E-state index contributed by atoms with van der Waals surface area (Å²) in [6.45, 7) is 5.97. The molecule has 3 aromatic rings. The van der Waals surface area contributed by atoms with Crippen molar-refractivity contribution in [1.29, 1.82) is 5.26 Å². The van der Waals surface area contributed by atoms with Gasteiger partial charge in [-0.15, -0.1) is 0 Å². The van der Waals surface area contributed by atoms with Crippen LogP contribution in [0.2, 0.25) is 0 Å². The standard InChI is InChI=1S/C34H39F3N4O3/c1-3-40(19-23-8-10-26(11-9-23)33(42)43)31-17-28-7-5-4-6-27(28)16-29(31)21-41(32-12-22(2)39-44-32)20-25-13-24(18-38)14-30(15-25)34(35,36)37/h12-17,23,26H,3-11,19-21H2,1-2H3,(H,42,43). The van der Waals surface area contributed by atoms with Crippen molar-refractivity contribution in [2.75, 3.05) is 22.9 Å². The molecule has 2 aliphatic rings. The van der Waals surface area contributed by atoms with Crippen molar-refractivity contribution in [2.24, 2.45) is 11.8 Å². The Labute approximate surface area is 256 Å². The highest BCUT2D eigenvalue weighted by Crippen LogP contribution is 2.36. The normalized spacial score (nSPS) is 18.4. The molecule has 0 unspecified atom stereocenters. The third-order valence-electron chi connectivity index (χ3n) is 9.05. The van der Waals surface area contributed by atoms with Crippen molar-refractivity contribution in [3.63, 3.8) is 0 Å². The van der Waals surface area contributed by atoms with Gasteiger partial charge in [0.15, 0.2) is 0 Å². The minimum Gasteiger partial charge on any atom is -0.481 e. The largest absolute Gasteiger partial charge is 0.481 e. The number of anilines is 2. The Morgan fingerprint density at radius 3 is 2.32 bits per heavy atom. The number of aromatic nitrogens is 1. The first-order chi connectivity index (χ1) is 21.0. The first-order valence-corrected chi connectivity index (χ1v) is 15.5. The molecule has 0 saturated heterocycles. The summed E-state index contributed by atoms with van der Waals surface area (Å²) in [6.07, 6.45) is 2.78. The zero-order valence-corrected chi connectivity index (χ0v) is 25.3. The molecule has 5 rings (SSSR count). The lowest BCUT2D eigenvalue weighted by Crippen LogP contribution is -2.34. The van der Waals surface area contributed by atoms with Gasteiger partial charge >= 0.3 is 12.1 Å². The second kappa shape index (κ2) is 13.3. The van der Waals surface area contributed by atoms with Crippen molar-refractivity contribution in [3.8, 4) is 6.07 Å². The third kappa shape index (κ3) is 7.37. The van der Waals surface area contributed by atoms with Crippen LogP contribution in [-0.4, -0.2) is 29.3 Å². The first-order valence-electron chi connectivity index (χ1n) is 15.5. The second-order valence-corrected chi connectivity index (χ2v) is 12.2. The molecule has 0 bridgehead atoms. The van der Waals surface area contributed by atoms with Gasteiger partial charge in [-0.25, -0.2) is 0 Å². The van der Waals surface area contributed by atoms with E-state index in [1.807, 2.05) is 11.0 Å². The van der Waals surface area contributed by atoms with Crippen molar-refractivity contribution < 1.29 is 27.6 Å². The van der Waals surface area contributed by atoms with Gasteiger partial charge in [0.05, 0.1) is 28.8 Å². The Morgan fingerprint density at radius 2 is 1.73 bits per heavy atom. The lowest BCUT2D eigenvalue weighted by atomic mass is 9.81. The van der Waals surface area contributed by atoms with Crippen molar-refractivity contribution >= 4 is 17.5 Å². The van der Waals surface area contributed by atoms with Crippen LogP contribution < -0.4 is 9.80 Å². The number of nitrogens with zero attached hydrogens (tertiary/aromatic N) is 4. The second-order valence-electron chi connectivity index (χ2n) is 12.2. The maximum absolute atomic E-state index is 13.7. The van der Waals surface area contributed by atoms with Crippen LogP contribution in [0.4, 0.5) is 24.7 Å². The number of nitriles is 1. The van der Waals surface area contributed by atoms with Crippen LogP contribution in [0, 0.1) is 30.1 Å². The van der Waals surface area contributed by atoms with E-state index in [4.69, 9.17) is 4.52 Å². The summed E-state index contributed by atoms with van der Waals surface area (Å²) in [4.78, 5) is 15.8. The van der Waals surface area contributed by atoms with Gasteiger partial charge in [-0.3, -0.25) is 4.79 Å². The van der Waals surface area contributed by atoms with Gasteiger partial charge in [-0.1, -0.05) is 11.2 Å². The van der Waals surface area contributed by atoms with Crippen LogP contribution in [0.3, 0.4) is 0 Å². The summed E-state index contributed by atoms with van der Waals surface area (Å²) in [7, 11) is 0. The Hall–Kier alpha value is -4.00. The number of rotatable bonds is 10. The van der Waals surface area contributed by atoms with Gasteiger partial charge in [-0.05, 0) is 118 Å². The van der Waals surface area contributed by atoms with Gasteiger partial charge in [0, 0.05) is 37.9 Å². The lowest BCUT2D eigenvalue weighted by molar-refractivity contribution is -0.143. The molecule has 0 aliphatic heterocycles. The zero-order chi connectivity index (χ0) is 31.4. The fourth-order valence-corrected chi connectivity index (χ4v) is 6.69. The molecule has 1 saturated carbocycles. The van der Waals surface area contributed by atoms with E-state index in [2.05, 4.69) is 29.1 Å². The molecule has 1 N–H and O–H groups in total. The highest BCUT2D eigenvalue weighted by molar-refractivity contribution is 5.70. The summed E-state index contributed by atoms with van der Waals surface area (Å²) < 4.78 is 46.8. The highest BCUT2D eigenvalue weighted by atomic mass is 19.4. The summed E-state index contributed by atoms with van der Waals surface area (Å²) in [5.74, 6) is -0.149. The molecule has 1 fully saturated rings. The summed E-state index contributed by atoms with van der Waals surface area (Å²) in [6, 6.07) is 11.6. The van der Waals surface area contributed by atoms with Gasteiger partial charge in [0.1, 0.15) is 0 Å². The minimum atomic E-state index is -4.58. The van der Waals surface area contributed by atoms with E-state index in [1.54, 1.807) is 13.0 Å². The monoisotopic (exact) mass is 608 g/mol. The zero-order valence-electron chi connectivity index (χ0n) is 25.3. The number of hydrogen-bond donors (Lipinski definition) is 1. The van der Waals surface area contributed by atoms with E-state index in [0.717, 1.165) is 75.0 Å². The quantitative estimate of drug-likeness (QED) is 0.252. The maximum Gasteiger partial charge on any atom is 0.416 e. The molecule has 7 nitrogen and oxygen atoms in total. The van der Waals surface area contributed by atoms with E-state index in [0.29, 0.717) is 42.4 Å². The predicted octanol–water partition coefficient (Wildman–Crippen LogP) is 7.68. The molecule has 10 heteroatoms. The molecular formula is C34H39F3N4O3. The highest BCUT2D eigenvalue weighted by Gasteiger charge is 2.32. The number of hydrogen-bond acceptors (Lipinski definition) is 6. The van der Waals surface area contributed by atoms with Crippen molar-refractivity contribution in [3.05, 3.63) is 75.5 Å². The Kier molecular flexibility index (Phi) is 9.52. The molecule has 2 aliphatic carbocycles. The number of fused-ring (bicyclic) bond motifs is 1. The molecule has 2 aromatic carbocycles. The molecular weight excluding hydrogens is 569 g/mol. The molecule has 0 amide bonds. The molecule has 0 radical (unpaired) electrons. The number of carbonyl (C=O) groups is 1. The van der Waals surface area contributed by atoms with E-state index in [1.165, 1.54) is 17.2 Å². The number of aliphatic carboxylic acids is 1. The van der Waals surface area contributed by atoms with Gasteiger partial charge < -0.3 is 19.4 Å². The molecule has 1 heterocycles. The number of benzene rings is 2. The van der Waals surface area contributed by atoms with E-state index in [9.17, 15) is 28.3 Å². The lowest BCUT2D eigenvalue weighted by Gasteiger charge is -2.35. The molecule has 44 heavy (non-hydrogen) atoms. The van der Waals surface area contributed by atoms with Crippen LogP contribution >= 0.6 is 0 Å². The predicted molar refractivity (Wildman–Crippen MR) is 161 cm³/mol. The smallest absolute Gasteiger partial charge is 0.416 e. The van der Waals surface area contributed by atoms with Gasteiger partial charge in [0.25, 0.3) is 0 Å². The number of halogens is 3. The summed E-state index contributed by atoms with van der Waals surface area (Å²) >= 11 is 0. The third-order valence-corrected chi connectivity index (χ3v) is 9.05. The number of alkyl halides is 3. The Balaban J connectivity index is 1.49. The molecule has 234 valence electrons. The van der Waals surface area contributed by atoms with Gasteiger partial charge in [-0.2, -0.15) is 18.4 Å². The summed E-state index contributed by atoms with van der Waals surface area (Å²) in [5.41, 5.74) is 4.88. The van der Waals surface area contributed by atoms with Crippen LogP contribution in [0.15, 0.2) is 40.9 Å². The Morgan fingerprint density at radius 1 is 1.02 bits per heavy atom. The van der Waals surface area contributed by atoms with E-state index >= 15 is 0 Å². The number of carboxylic acids is 1. The fraction of sp³-hybridized carbons (Fsp3) is 0.500. The number of carboxylic acid groups (broad SMARTS) is 1. The molecule has 0 atom stereocenters. The molecule has 0 spiro atoms. The van der Waals surface area contributed by atoms with Crippen LogP contribution in [0.1, 0.15) is 84.5 Å². The van der Waals surface area contributed by atoms with Crippen molar-refractivity contribution in [2.45, 2.75) is 84.5 Å². The number of aryl methyl sites for hydroxylation is 3. The van der Waals surface area contributed by atoms with Crippen LogP contribution in [0.25, 0.3) is 0 Å². The average Bonchev–Trinajstić information content (AvgIpc) is 3.45. The Bertz CT molecular complexity index is 1520. The minimum absolute atomic E-state index is 0.0484. The first kappa shape index (κ1) is 31.4. The van der Waals surface area contributed by atoms with Crippen LogP contribution in [-0.2, 0) is 36.9 Å². The fourth-order valence-electron chi connectivity index (χ4n) is 6.69. The van der Waals surface area contributed by atoms with Crippen molar-refractivity contribution in [1.82, 2.24) is 5.16 Å². The van der Waals surface area contributed by atoms with E-state index < -0.39 is 17.7 Å². The van der Waals surface area contributed by atoms with Crippen LogP contribution in [0.5, 0.6) is 0 Å². The SMILES string of the molecule is CCN(CC1CCC(C(=O)O)CC1)c1cc2c(cc1CN(Cc1cc(C#N)cc(C(F)(F)F)c1)c1cc(C)no1)CCCC2. The summed E-state index contributed by atoms with van der Waals surface area (Å²) in [5, 5.41) is 23.0. The average molecular weight is 609 g/mol. The van der Waals surface area contributed by atoms with E-state index in [-0.39, 0.29) is 18.0 Å². The maximum atomic E-state index is 13.7. The van der Waals surface area contributed by atoms with Gasteiger partial charge in [0.2, 0.25) is 5.88 Å². The molecule has 1 aromatic heterocycles.